The van der Waals surface area contributed by atoms with Crippen LogP contribution in [0.15, 0.2) is 60.8 Å². The molecule has 0 atom stereocenters. The van der Waals surface area contributed by atoms with Crippen molar-refractivity contribution < 1.29 is 22.7 Å². The number of piperidine rings is 1. The molecule has 160 valence electrons. The lowest BCUT2D eigenvalue weighted by Gasteiger charge is -2.45. The summed E-state index contributed by atoms with van der Waals surface area (Å²) in [5, 5.41) is 0. The van der Waals surface area contributed by atoms with Gasteiger partial charge in [0.25, 0.3) is 5.91 Å². The predicted octanol–water partition coefficient (Wildman–Crippen LogP) is 5.62. The van der Waals surface area contributed by atoms with Gasteiger partial charge in [0.2, 0.25) is 0 Å². The summed E-state index contributed by atoms with van der Waals surface area (Å²) in [6.45, 7) is 0.805. The highest BCUT2D eigenvalue weighted by molar-refractivity contribution is 14.1. The van der Waals surface area contributed by atoms with Gasteiger partial charge in [-0.1, -0.05) is 12.1 Å². The smallest absolute Gasteiger partial charge is 0.417 e. The van der Waals surface area contributed by atoms with Crippen LogP contribution in [0.5, 0.6) is 5.75 Å². The van der Waals surface area contributed by atoms with Gasteiger partial charge in [-0.05, 0) is 65.1 Å². The van der Waals surface area contributed by atoms with Crippen LogP contribution >= 0.6 is 22.6 Å². The molecule has 1 aromatic heterocycles. The SMILES string of the molecule is O=C(c1ccc(I)c(C(F)(F)F)c1)N1CCC2(CC1)Oc1ccccc1-n1cccc12. The average Bonchev–Trinajstić information content (AvgIpc) is 3.25. The van der Waals surface area contributed by atoms with Gasteiger partial charge < -0.3 is 14.2 Å². The van der Waals surface area contributed by atoms with Crippen LogP contribution in [0.4, 0.5) is 13.2 Å². The standard InChI is InChI=1S/C23H18F3IN2O2/c24-23(25,26)16-14-15(7-8-17(16)27)21(30)28-12-9-22(10-13-28)20-6-3-11-29(20)18-4-1-2-5-19(18)31-22/h1-8,11,14H,9-10,12-13H2. The molecule has 5 rings (SSSR count). The van der Waals surface area contributed by atoms with Crippen molar-refractivity contribution in [1.82, 2.24) is 9.47 Å². The number of amides is 1. The third-order valence-electron chi connectivity index (χ3n) is 6.02. The summed E-state index contributed by atoms with van der Waals surface area (Å²) in [5.74, 6) is 0.404. The molecule has 0 N–H and O–H groups in total. The highest BCUT2D eigenvalue weighted by atomic mass is 127. The Labute approximate surface area is 190 Å². The van der Waals surface area contributed by atoms with Gasteiger partial charge in [-0.3, -0.25) is 4.79 Å². The maximum Gasteiger partial charge on any atom is 0.417 e. The highest BCUT2D eigenvalue weighted by Crippen LogP contribution is 2.45. The van der Waals surface area contributed by atoms with E-state index >= 15 is 0 Å². The normalized spacial score (nSPS) is 17.1. The number of rotatable bonds is 1. The number of likely N-dealkylation sites (tertiary alicyclic amines) is 1. The molecular formula is C23H18F3IN2O2. The van der Waals surface area contributed by atoms with Crippen LogP contribution in [0, 0.1) is 3.57 Å². The van der Waals surface area contributed by atoms with Gasteiger partial charge in [-0.2, -0.15) is 13.2 Å². The number of nitrogens with zero attached hydrogens (tertiary/aromatic N) is 2. The fraction of sp³-hybridized carbons (Fsp3) is 0.261. The number of hydrogen-bond acceptors (Lipinski definition) is 2. The molecule has 0 saturated carbocycles. The second-order valence-corrected chi connectivity index (χ2v) is 8.97. The van der Waals surface area contributed by atoms with E-state index in [2.05, 4.69) is 4.57 Å². The Bertz CT molecular complexity index is 1160. The van der Waals surface area contributed by atoms with Gasteiger partial charge in [0.1, 0.15) is 5.75 Å². The van der Waals surface area contributed by atoms with Gasteiger partial charge in [0, 0.05) is 41.3 Å². The van der Waals surface area contributed by atoms with E-state index in [1.165, 1.54) is 12.1 Å². The maximum atomic E-state index is 13.3. The van der Waals surface area contributed by atoms with E-state index in [0.29, 0.717) is 25.9 Å². The number of para-hydroxylation sites is 2. The van der Waals surface area contributed by atoms with E-state index in [0.717, 1.165) is 23.2 Å². The second-order valence-electron chi connectivity index (χ2n) is 7.81. The molecule has 2 aliphatic heterocycles. The Morgan fingerprint density at radius 2 is 1.77 bits per heavy atom. The minimum atomic E-state index is -4.49. The third-order valence-corrected chi connectivity index (χ3v) is 6.96. The summed E-state index contributed by atoms with van der Waals surface area (Å²) in [5.41, 5.74) is 0.731. The number of hydrogen-bond donors (Lipinski definition) is 0. The molecule has 1 fully saturated rings. The molecule has 0 unspecified atom stereocenters. The van der Waals surface area contributed by atoms with Gasteiger partial charge in [-0.25, -0.2) is 0 Å². The van der Waals surface area contributed by atoms with Crippen LogP contribution in [0.1, 0.15) is 34.5 Å². The monoisotopic (exact) mass is 538 g/mol. The van der Waals surface area contributed by atoms with Crippen molar-refractivity contribution in [3.05, 3.63) is 81.2 Å². The van der Waals surface area contributed by atoms with E-state index in [1.807, 2.05) is 42.6 Å². The van der Waals surface area contributed by atoms with Gasteiger partial charge in [0.15, 0.2) is 5.60 Å². The highest BCUT2D eigenvalue weighted by Gasteiger charge is 2.44. The lowest BCUT2D eigenvalue weighted by Crippen LogP contribution is -2.50. The molecule has 2 aliphatic rings. The van der Waals surface area contributed by atoms with Crippen molar-refractivity contribution in [1.29, 1.82) is 0 Å². The molecule has 1 saturated heterocycles. The molecule has 8 heteroatoms. The van der Waals surface area contributed by atoms with E-state index in [4.69, 9.17) is 4.74 Å². The topological polar surface area (TPSA) is 34.5 Å². The van der Waals surface area contributed by atoms with Crippen molar-refractivity contribution in [2.75, 3.05) is 13.1 Å². The van der Waals surface area contributed by atoms with Gasteiger partial charge >= 0.3 is 6.18 Å². The molecule has 3 heterocycles. The molecule has 1 amide bonds. The molecule has 0 radical (unpaired) electrons. The van der Waals surface area contributed by atoms with E-state index in [9.17, 15) is 18.0 Å². The van der Waals surface area contributed by atoms with Crippen molar-refractivity contribution in [3.63, 3.8) is 0 Å². The van der Waals surface area contributed by atoms with Crippen molar-refractivity contribution in [2.24, 2.45) is 0 Å². The lowest BCUT2D eigenvalue weighted by molar-refractivity contribution is -0.138. The molecule has 3 aromatic rings. The largest absolute Gasteiger partial charge is 0.479 e. The first-order valence-electron chi connectivity index (χ1n) is 9.91. The van der Waals surface area contributed by atoms with Crippen molar-refractivity contribution in [3.8, 4) is 11.4 Å². The number of carbonyl (C=O) groups excluding carboxylic acids is 1. The number of ether oxygens (including phenoxy) is 1. The van der Waals surface area contributed by atoms with Crippen LogP contribution in [0.2, 0.25) is 0 Å². The van der Waals surface area contributed by atoms with Crippen molar-refractivity contribution >= 4 is 28.5 Å². The Kier molecular flexibility index (Phi) is 4.80. The first kappa shape index (κ1) is 20.4. The molecule has 0 aliphatic carbocycles. The molecule has 0 bridgehead atoms. The van der Waals surface area contributed by atoms with Crippen LogP contribution in [0.25, 0.3) is 5.69 Å². The lowest BCUT2D eigenvalue weighted by atomic mass is 9.86. The third kappa shape index (κ3) is 3.40. The number of alkyl halides is 3. The maximum absolute atomic E-state index is 13.3. The summed E-state index contributed by atoms with van der Waals surface area (Å²) in [7, 11) is 0. The zero-order valence-electron chi connectivity index (χ0n) is 16.3. The fourth-order valence-corrected chi connectivity index (χ4v) is 5.10. The number of fused-ring (bicyclic) bond motifs is 4. The first-order chi connectivity index (χ1) is 14.8. The number of benzene rings is 2. The number of carbonyl (C=O) groups is 1. The summed E-state index contributed by atoms with van der Waals surface area (Å²) in [6.07, 6.45) is -1.37. The minimum absolute atomic E-state index is 0.0574. The van der Waals surface area contributed by atoms with E-state index in [1.54, 1.807) is 27.5 Å². The van der Waals surface area contributed by atoms with Crippen LogP contribution in [0.3, 0.4) is 0 Å². The summed E-state index contributed by atoms with van der Waals surface area (Å²) in [4.78, 5) is 14.6. The summed E-state index contributed by atoms with van der Waals surface area (Å²) in [6, 6.07) is 15.6. The summed E-state index contributed by atoms with van der Waals surface area (Å²) < 4.78 is 48.4. The molecule has 2 aromatic carbocycles. The summed E-state index contributed by atoms with van der Waals surface area (Å²) >= 11 is 1.64. The van der Waals surface area contributed by atoms with Crippen molar-refractivity contribution in [2.45, 2.75) is 24.6 Å². The fourth-order valence-electron chi connectivity index (χ4n) is 4.45. The molecule has 1 spiro atoms. The first-order valence-corrected chi connectivity index (χ1v) is 11.0. The molecule has 4 nitrogen and oxygen atoms in total. The average molecular weight is 538 g/mol. The predicted molar refractivity (Wildman–Crippen MR) is 117 cm³/mol. The Hall–Kier alpha value is -2.49. The quantitative estimate of drug-likeness (QED) is 0.377. The van der Waals surface area contributed by atoms with E-state index < -0.39 is 17.3 Å². The Morgan fingerprint density at radius 3 is 2.52 bits per heavy atom. The molecular weight excluding hydrogens is 520 g/mol. The second kappa shape index (κ2) is 7.29. The Morgan fingerprint density at radius 1 is 1.03 bits per heavy atom. The van der Waals surface area contributed by atoms with E-state index in [-0.39, 0.29) is 15.0 Å². The number of aromatic nitrogens is 1. The van der Waals surface area contributed by atoms with Crippen LogP contribution in [-0.2, 0) is 11.8 Å². The minimum Gasteiger partial charge on any atom is -0.479 e. The number of halogens is 4. The van der Waals surface area contributed by atoms with Crippen LogP contribution in [-0.4, -0.2) is 28.5 Å². The Balaban J connectivity index is 1.39. The van der Waals surface area contributed by atoms with Gasteiger partial charge in [0.05, 0.1) is 16.9 Å². The van der Waals surface area contributed by atoms with Crippen LogP contribution < -0.4 is 4.74 Å². The zero-order valence-corrected chi connectivity index (χ0v) is 18.5. The van der Waals surface area contributed by atoms with Gasteiger partial charge in [-0.15, -0.1) is 0 Å². The zero-order chi connectivity index (χ0) is 21.8. The molecule has 31 heavy (non-hydrogen) atoms.